The lowest BCUT2D eigenvalue weighted by Crippen LogP contribution is -2.50. The molecule has 0 unspecified atom stereocenters. The van der Waals surface area contributed by atoms with Crippen molar-refractivity contribution >= 4 is 5.97 Å². The van der Waals surface area contributed by atoms with Crippen LogP contribution in [0.15, 0.2) is 0 Å². The quantitative estimate of drug-likeness (QED) is 0.802. The molecule has 0 amide bonds. The SMILES string of the molecule is O=C(OC[C@H]1CCCN2CCCC[C@H]12)[C@@H]1CCCCN1. The first-order valence-corrected chi connectivity index (χ1v) is 8.48. The topological polar surface area (TPSA) is 41.6 Å². The van der Waals surface area contributed by atoms with Gasteiger partial charge >= 0.3 is 5.97 Å². The van der Waals surface area contributed by atoms with E-state index < -0.39 is 0 Å². The summed E-state index contributed by atoms with van der Waals surface area (Å²) in [7, 11) is 0. The van der Waals surface area contributed by atoms with Gasteiger partial charge in [0.15, 0.2) is 0 Å². The predicted molar refractivity (Wildman–Crippen MR) is 78.5 cm³/mol. The monoisotopic (exact) mass is 280 g/mol. The second-order valence-electron chi connectivity index (χ2n) is 6.63. The van der Waals surface area contributed by atoms with Crippen LogP contribution in [0.4, 0.5) is 0 Å². The summed E-state index contributed by atoms with van der Waals surface area (Å²) >= 11 is 0. The lowest BCUT2D eigenvalue weighted by atomic mass is 9.84. The number of carbonyl (C=O) groups is 1. The van der Waals surface area contributed by atoms with Crippen molar-refractivity contribution in [1.29, 1.82) is 0 Å². The van der Waals surface area contributed by atoms with Crippen LogP contribution in [-0.2, 0) is 9.53 Å². The molecule has 4 heteroatoms. The molecule has 0 saturated carbocycles. The second kappa shape index (κ2) is 6.90. The van der Waals surface area contributed by atoms with Gasteiger partial charge in [-0.05, 0) is 58.2 Å². The van der Waals surface area contributed by atoms with E-state index in [1.807, 2.05) is 0 Å². The largest absolute Gasteiger partial charge is 0.464 e. The third-order valence-corrected chi connectivity index (χ3v) is 5.26. The summed E-state index contributed by atoms with van der Waals surface area (Å²) in [6.07, 6.45) is 9.75. The van der Waals surface area contributed by atoms with Crippen molar-refractivity contribution < 1.29 is 9.53 Å². The Morgan fingerprint density at radius 3 is 2.75 bits per heavy atom. The molecule has 3 atom stereocenters. The highest BCUT2D eigenvalue weighted by Gasteiger charge is 2.34. The first kappa shape index (κ1) is 14.3. The minimum atomic E-state index is -0.0465. The fourth-order valence-corrected chi connectivity index (χ4v) is 4.11. The molecule has 3 aliphatic heterocycles. The molecule has 1 N–H and O–H groups in total. The fourth-order valence-electron chi connectivity index (χ4n) is 4.11. The van der Waals surface area contributed by atoms with E-state index in [4.69, 9.17) is 4.74 Å². The number of hydrogen-bond acceptors (Lipinski definition) is 4. The van der Waals surface area contributed by atoms with Crippen LogP contribution >= 0.6 is 0 Å². The van der Waals surface area contributed by atoms with E-state index in [0.29, 0.717) is 18.6 Å². The van der Waals surface area contributed by atoms with Gasteiger partial charge in [-0.1, -0.05) is 12.8 Å². The maximum atomic E-state index is 12.1. The van der Waals surface area contributed by atoms with E-state index in [2.05, 4.69) is 10.2 Å². The van der Waals surface area contributed by atoms with Crippen LogP contribution in [0.1, 0.15) is 51.4 Å². The Morgan fingerprint density at radius 1 is 1.05 bits per heavy atom. The summed E-state index contributed by atoms with van der Waals surface area (Å²) in [6, 6.07) is 0.624. The molecule has 0 aliphatic carbocycles. The zero-order valence-corrected chi connectivity index (χ0v) is 12.5. The normalized spacial score (nSPS) is 35.3. The van der Waals surface area contributed by atoms with Crippen LogP contribution < -0.4 is 5.32 Å². The highest BCUT2D eigenvalue weighted by molar-refractivity contribution is 5.75. The fraction of sp³-hybridized carbons (Fsp3) is 0.938. The van der Waals surface area contributed by atoms with Crippen LogP contribution in [0, 0.1) is 5.92 Å². The Balaban J connectivity index is 1.48. The van der Waals surface area contributed by atoms with Gasteiger partial charge in [0.1, 0.15) is 6.04 Å². The minimum absolute atomic E-state index is 0.0161. The summed E-state index contributed by atoms with van der Waals surface area (Å²) in [5.74, 6) is 0.550. The highest BCUT2D eigenvalue weighted by atomic mass is 16.5. The molecule has 0 aromatic rings. The molecule has 114 valence electrons. The zero-order valence-electron chi connectivity index (χ0n) is 12.5. The zero-order chi connectivity index (χ0) is 13.8. The molecular weight excluding hydrogens is 252 g/mol. The Morgan fingerprint density at radius 2 is 1.90 bits per heavy atom. The minimum Gasteiger partial charge on any atom is -0.464 e. The summed E-state index contributed by atoms with van der Waals surface area (Å²) < 4.78 is 5.64. The van der Waals surface area contributed by atoms with Crippen molar-refractivity contribution in [2.24, 2.45) is 5.92 Å². The van der Waals surface area contributed by atoms with Crippen LogP contribution in [0.5, 0.6) is 0 Å². The lowest BCUT2D eigenvalue weighted by Gasteiger charge is -2.44. The van der Waals surface area contributed by atoms with Gasteiger partial charge in [0.25, 0.3) is 0 Å². The van der Waals surface area contributed by atoms with E-state index in [-0.39, 0.29) is 12.0 Å². The molecule has 0 bridgehead atoms. The Kier molecular flexibility index (Phi) is 4.94. The maximum Gasteiger partial charge on any atom is 0.323 e. The van der Waals surface area contributed by atoms with Crippen molar-refractivity contribution in [1.82, 2.24) is 10.2 Å². The van der Waals surface area contributed by atoms with Crippen LogP contribution in [0.25, 0.3) is 0 Å². The van der Waals surface area contributed by atoms with Crippen molar-refractivity contribution in [3.63, 3.8) is 0 Å². The van der Waals surface area contributed by atoms with E-state index in [9.17, 15) is 4.79 Å². The molecule has 3 saturated heterocycles. The van der Waals surface area contributed by atoms with Crippen molar-refractivity contribution in [2.45, 2.75) is 63.5 Å². The third-order valence-electron chi connectivity index (χ3n) is 5.26. The number of carbonyl (C=O) groups excluding carboxylic acids is 1. The molecule has 3 rings (SSSR count). The molecule has 0 aromatic carbocycles. The average molecular weight is 280 g/mol. The number of hydrogen-bond donors (Lipinski definition) is 1. The smallest absolute Gasteiger partial charge is 0.323 e. The van der Waals surface area contributed by atoms with E-state index in [1.54, 1.807) is 0 Å². The summed E-state index contributed by atoms with van der Waals surface area (Å²) in [6.45, 7) is 4.09. The van der Waals surface area contributed by atoms with Gasteiger partial charge in [-0.2, -0.15) is 0 Å². The number of rotatable bonds is 3. The van der Waals surface area contributed by atoms with Gasteiger partial charge in [-0.25, -0.2) is 0 Å². The molecule has 3 heterocycles. The molecule has 3 aliphatic rings. The standard InChI is InChI=1S/C16H28N2O2/c19-16(14-7-1-3-9-17-14)20-12-13-6-5-11-18-10-4-2-8-15(13)18/h13-15,17H,1-12H2/t13-,14+,15-/m1/s1. The molecule has 20 heavy (non-hydrogen) atoms. The second-order valence-corrected chi connectivity index (χ2v) is 6.63. The lowest BCUT2D eigenvalue weighted by molar-refractivity contribution is -0.149. The van der Waals surface area contributed by atoms with E-state index in [1.165, 1.54) is 51.6 Å². The first-order valence-electron chi connectivity index (χ1n) is 8.48. The Labute approximate surface area is 122 Å². The van der Waals surface area contributed by atoms with Gasteiger partial charge < -0.3 is 10.1 Å². The van der Waals surface area contributed by atoms with Crippen molar-refractivity contribution in [2.75, 3.05) is 26.2 Å². The van der Waals surface area contributed by atoms with E-state index in [0.717, 1.165) is 19.4 Å². The first-order chi connectivity index (χ1) is 9.84. The molecular formula is C16H28N2O2. The molecule has 4 nitrogen and oxygen atoms in total. The summed E-state index contributed by atoms with van der Waals surface area (Å²) in [4.78, 5) is 14.7. The van der Waals surface area contributed by atoms with Gasteiger partial charge in [-0.3, -0.25) is 9.69 Å². The van der Waals surface area contributed by atoms with Crippen molar-refractivity contribution in [3.05, 3.63) is 0 Å². The number of ether oxygens (including phenoxy) is 1. The number of nitrogens with zero attached hydrogens (tertiary/aromatic N) is 1. The predicted octanol–water partition coefficient (Wildman–Crippen LogP) is 1.94. The van der Waals surface area contributed by atoms with Crippen LogP contribution in [0.3, 0.4) is 0 Å². The number of nitrogens with one attached hydrogen (secondary N) is 1. The highest BCUT2D eigenvalue weighted by Crippen LogP contribution is 2.31. The van der Waals surface area contributed by atoms with Crippen LogP contribution in [-0.4, -0.2) is 49.2 Å². The number of esters is 1. The summed E-state index contributed by atoms with van der Waals surface area (Å²) in [5.41, 5.74) is 0. The molecule has 0 spiro atoms. The van der Waals surface area contributed by atoms with Gasteiger partial charge in [0.2, 0.25) is 0 Å². The maximum absolute atomic E-state index is 12.1. The molecule has 3 fully saturated rings. The Hall–Kier alpha value is -0.610. The number of piperidine rings is 3. The number of fused-ring (bicyclic) bond motifs is 1. The van der Waals surface area contributed by atoms with Gasteiger partial charge in [0, 0.05) is 12.0 Å². The average Bonchev–Trinajstić information content (AvgIpc) is 2.53. The molecule has 0 radical (unpaired) electrons. The van der Waals surface area contributed by atoms with Gasteiger partial charge in [0.05, 0.1) is 6.61 Å². The third kappa shape index (κ3) is 3.34. The Bertz CT molecular complexity index is 326. The van der Waals surface area contributed by atoms with Crippen LogP contribution in [0.2, 0.25) is 0 Å². The molecule has 0 aromatic heterocycles. The van der Waals surface area contributed by atoms with Gasteiger partial charge in [-0.15, -0.1) is 0 Å². The van der Waals surface area contributed by atoms with Crippen molar-refractivity contribution in [3.8, 4) is 0 Å². The van der Waals surface area contributed by atoms with E-state index >= 15 is 0 Å². The summed E-state index contributed by atoms with van der Waals surface area (Å²) in [5, 5.41) is 3.28.